The van der Waals surface area contributed by atoms with Crippen molar-refractivity contribution < 1.29 is 9.53 Å². The second-order valence-electron chi connectivity index (χ2n) is 7.00. The van der Waals surface area contributed by atoms with Gasteiger partial charge in [0.15, 0.2) is 0 Å². The summed E-state index contributed by atoms with van der Waals surface area (Å²) in [5.41, 5.74) is 2.39. The molecule has 1 aliphatic rings. The SMILES string of the molecule is COc1cccc(C2CCCN2CC(=O)N(C)C(C)c2ccccc2)c1. The summed E-state index contributed by atoms with van der Waals surface area (Å²) in [6.45, 7) is 3.49. The van der Waals surface area contributed by atoms with E-state index < -0.39 is 0 Å². The van der Waals surface area contributed by atoms with E-state index in [0.29, 0.717) is 6.54 Å². The molecule has 3 rings (SSSR count). The third-order valence-corrected chi connectivity index (χ3v) is 5.44. The van der Waals surface area contributed by atoms with E-state index in [-0.39, 0.29) is 18.0 Å². The lowest BCUT2D eigenvalue weighted by atomic mass is 10.0. The number of nitrogens with zero attached hydrogens (tertiary/aromatic N) is 2. The number of hydrogen-bond acceptors (Lipinski definition) is 3. The first-order chi connectivity index (χ1) is 12.6. The molecule has 0 bridgehead atoms. The van der Waals surface area contributed by atoms with Crippen LogP contribution in [0.3, 0.4) is 0 Å². The van der Waals surface area contributed by atoms with Gasteiger partial charge in [0.1, 0.15) is 5.75 Å². The molecule has 1 saturated heterocycles. The maximum absolute atomic E-state index is 12.9. The molecule has 0 aliphatic carbocycles. The molecule has 26 heavy (non-hydrogen) atoms. The third-order valence-electron chi connectivity index (χ3n) is 5.44. The minimum Gasteiger partial charge on any atom is -0.497 e. The van der Waals surface area contributed by atoms with Gasteiger partial charge in [0.2, 0.25) is 5.91 Å². The molecule has 1 amide bonds. The van der Waals surface area contributed by atoms with E-state index in [4.69, 9.17) is 4.74 Å². The topological polar surface area (TPSA) is 32.8 Å². The second kappa shape index (κ2) is 8.37. The number of benzene rings is 2. The molecule has 0 radical (unpaired) electrons. The van der Waals surface area contributed by atoms with Gasteiger partial charge >= 0.3 is 0 Å². The van der Waals surface area contributed by atoms with E-state index in [1.165, 1.54) is 5.56 Å². The first-order valence-corrected chi connectivity index (χ1v) is 9.28. The molecule has 0 spiro atoms. The minimum atomic E-state index is 0.0709. The Morgan fingerprint density at radius 2 is 2.00 bits per heavy atom. The molecule has 138 valence electrons. The summed E-state index contributed by atoms with van der Waals surface area (Å²) in [5, 5.41) is 0. The van der Waals surface area contributed by atoms with Gasteiger partial charge in [-0.1, -0.05) is 42.5 Å². The summed E-state index contributed by atoms with van der Waals surface area (Å²) in [6.07, 6.45) is 2.20. The van der Waals surface area contributed by atoms with Gasteiger partial charge in [0.05, 0.1) is 19.7 Å². The maximum atomic E-state index is 12.9. The number of carbonyl (C=O) groups excluding carboxylic acids is 1. The standard InChI is InChI=1S/C22H28N2O2/c1-17(18-9-5-4-6-10-18)23(2)22(25)16-24-14-8-13-21(24)19-11-7-12-20(15-19)26-3/h4-7,9-12,15,17,21H,8,13-14,16H2,1-3H3. The average molecular weight is 352 g/mol. The molecule has 2 unspecified atom stereocenters. The molecule has 0 N–H and O–H groups in total. The molecular weight excluding hydrogens is 324 g/mol. The summed E-state index contributed by atoms with van der Waals surface area (Å²) in [5.74, 6) is 1.03. The number of methoxy groups -OCH3 is 1. The van der Waals surface area contributed by atoms with Crippen LogP contribution >= 0.6 is 0 Å². The highest BCUT2D eigenvalue weighted by atomic mass is 16.5. The van der Waals surface area contributed by atoms with E-state index >= 15 is 0 Å². The molecule has 0 aromatic heterocycles. The van der Waals surface area contributed by atoms with E-state index in [1.807, 2.05) is 42.3 Å². The van der Waals surface area contributed by atoms with Crippen molar-refractivity contribution in [1.82, 2.24) is 9.80 Å². The van der Waals surface area contributed by atoms with Crippen LogP contribution in [0.1, 0.15) is 43.0 Å². The Balaban J connectivity index is 1.67. The minimum absolute atomic E-state index is 0.0709. The van der Waals surface area contributed by atoms with Crippen LogP contribution in [0, 0.1) is 0 Å². The highest BCUT2D eigenvalue weighted by molar-refractivity contribution is 5.78. The molecule has 4 heteroatoms. The maximum Gasteiger partial charge on any atom is 0.237 e. The third kappa shape index (κ3) is 4.07. The molecule has 1 aliphatic heterocycles. The Hall–Kier alpha value is -2.33. The number of ether oxygens (including phenoxy) is 1. The van der Waals surface area contributed by atoms with Crippen molar-refractivity contribution in [3.63, 3.8) is 0 Å². The van der Waals surface area contributed by atoms with Gasteiger partial charge in [0.25, 0.3) is 0 Å². The average Bonchev–Trinajstić information content (AvgIpc) is 3.15. The van der Waals surface area contributed by atoms with Crippen LogP contribution < -0.4 is 4.74 Å². The van der Waals surface area contributed by atoms with Crippen molar-refractivity contribution in [3.05, 3.63) is 65.7 Å². The van der Waals surface area contributed by atoms with Crippen LogP contribution in [0.25, 0.3) is 0 Å². The van der Waals surface area contributed by atoms with Crippen molar-refractivity contribution in [2.75, 3.05) is 27.2 Å². The van der Waals surface area contributed by atoms with Crippen LogP contribution in [0.15, 0.2) is 54.6 Å². The summed E-state index contributed by atoms with van der Waals surface area (Å²) < 4.78 is 5.36. The number of hydrogen-bond donors (Lipinski definition) is 0. The first-order valence-electron chi connectivity index (χ1n) is 9.28. The highest BCUT2D eigenvalue weighted by Gasteiger charge is 2.29. The summed E-state index contributed by atoms with van der Waals surface area (Å²) in [7, 11) is 3.59. The number of amides is 1. The lowest BCUT2D eigenvalue weighted by Crippen LogP contribution is -2.39. The van der Waals surface area contributed by atoms with Crippen LogP contribution in [-0.4, -0.2) is 43.0 Å². The normalized spacial score (nSPS) is 18.5. The van der Waals surface area contributed by atoms with Crippen LogP contribution in [0.5, 0.6) is 5.75 Å². The lowest BCUT2D eigenvalue weighted by Gasteiger charge is -2.30. The van der Waals surface area contributed by atoms with Crippen molar-refractivity contribution >= 4 is 5.91 Å². The number of rotatable bonds is 6. The highest BCUT2D eigenvalue weighted by Crippen LogP contribution is 2.33. The predicted octanol–water partition coefficient (Wildman–Crippen LogP) is 4.05. The van der Waals surface area contributed by atoms with Crippen molar-refractivity contribution in [2.24, 2.45) is 0 Å². The smallest absolute Gasteiger partial charge is 0.237 e. The molecule has 4 nitrogen and oxygen atoms in total. The van der Waals surface area contributed by atoms with Crippen LogP contribution in [0.4, 0.5) is 0 Å². The molecule has 2 atom stereocenters. The monoisotopic (exact) mass is 352 g/mol. The van der Waals surface area contributed by atoms with E-state index in [0.717, 1.165) is 30.7 Å². The van der Waals surface area contributed by atoms with Gasteiger partial charge in [-0.3, -0.25) is 9.69 Å². The van der Waals surface area contributed by atoms with E-state index in [1.54, 1.807) is 7.11 Å². The van der Waals surface area contributed by atoms with E-state index in [2.05, 4.69) is 36.1 Å². The Morgan fingerprint density at radius 1 is 1.23 bits per heavy atom. The Bertz CT molecular complexity index is 732. The Kier molecular flexibility index (Phi) is 5.94. The van der Waals surface area contributed by atoms with Gasteiger partial charge in [-0.15, -0.1) is 0 Å². The van der Waals surface area contributed by atoms with Crippen molar-refractivity contribution in [1.29, 1.82) is 0 Å². The number of likely N-dealkylation sites (tertiary alicyclic amines) is 1. The Morgan fingerprint density at radius 3 is 2.73 bits per heavy atom. The number of carbonyl (C=O) groups is 1. The Labute approximate surface area is 156 Å². The van der Waals surface area contributed by atoms with Crippen molar-refractivity contribution in [3.8, 4) is 5.75 Å². The fourth-order valence-electron chi connectivity index (χ4n) is 3.70. The summed E-state index contributed by atoms with van der Waals surface area (Å²) >= 11 is 0. The van der Waals surface area contributed by atoms with Gasteiger partial charge in [-0.25, -0.2) is 0 Å². The zero-order valence-electron chi connectivity index (χ0n) is 15.9. The molecule has 1 heterocycles. The van der Waals surface area contributed by atoms with Crippen LogP contribution in [0.2, 0.25) is 0 Å². The van der Waals surface area contributed by atoms with E-state index in [9.17, 15) is 4.79 Å². The molecule has 2 aromatic rings. The van der Waals surface area contributed by atoms with Gasteiger partial charge in [0, 0.05) is 13.1 Å². The zero-order valence-corrected chi connectivity index (χ0v) is 15.9. The second-order valence-corrected chi connectivity index (χ2v) is 7.00. The first kappa shape index (κ1) is 18.5. The quantitative estimate of drug-likeness (QED) is 0.786. The fraction of sp³-hybridized carbons (Fsp3) is 0.409. The molecular formula is C22H28N2O2. The van der Waals surface area contributed by atoms with Crippen molar-refractivity contribution in [2.45, 2.75) is 31.8 Å². The number of likely N-dealkylation sites (N-methyl/N-ethyl adjacent to an activating group) is 1. The largest absolute Gasteiger partial charge is 0.497 e. The summed E-state index contributed by atoms with van der Waals surface area (Å²) in [4.78, 5) is 17.0. The predicted molar refractivity (Wildman–Crippen MR) is 104 cm³/mol. The summed E-state index contributed by atoms with van der Waals surface area (Å²) in [6, 6.07) is 18.7. The molecule has 1 fully saturated rings. The molecule has 0 saturated carbocycles. The zero-order chi connectivity index (χ0) is 18.5. The van der Waals surface area contributed by atoms with Gasteiger partial charge in [-0.2, -0.15) is 0 Å². The fourth-order valence-corrected chi connectivity index (χ4v) is 3.70. The van der Waals surface area contributed by atoms with Gasteiger partial charge in [-0.05, 0) is 49.6 Å². The lowest BCUT2D eigenvalue weighted by molar-refractivity contribution is -0.133. The van der Waals surface area contributed by atoms with Crippen LogP contribution in [-0.2, 0) is 4.79 Å². The molecule has 2 aromatic carbocycles. The van der Waals surface area contributed by atoms with Gasteiger partial charge < -0.3 is 9.64 Å².